The van der Waals surface area contributed by atoms with Crippen LogP contribution >= 0.6 is 0 Å². The van der Waals surface area contributed by atoms with Gasteiger partial charge in [0, 0.05) is 0 Å². The predicted molar refractivity (Wildman–Crippen MR) is 64.4 cm³/mol. The van der Waals surface area contributed by atoms with Crippen LogP contribution < -0.4 is 0 Å². The van der Waals surface area contributed by atoms with Crippen molar-refractivity contribution in [2.75, 3.05) is 0 Å². The zero-order valence-corrected chi connectivity index (χ0v) is 10.6. The van der Waals surface area contributed by atoms with Crippen molar-refractivity contribution in [2.45, 2.75) is 66.2 Å². The van der Waals surface area contributed by atoms with E-state index < -0.39 is 0 Å². The highest BCUT2D eigenvalue weighted by Gasteiger charge is 2.37. The van der Waals surface area contributed by atoms with Crippen LogP contribution in [-0.2, 0) is 0 Å². The molecule has 0 radical (unpaired) electrons. The van der Waals surface area contributed by atoms with Gasteiger partial charge in [-0.2, -0.15) is 0 Å². The second-order valence-electron chi connectivity index (χ2n) is 5.63. The smallest absolute Gasteiger partial charge is 0.0380 e. The Morgan fingerprint density at radius 2 is 1.57 bits per heavy atom. The number of hydrogen-bond donors (Lipinski definition) is 0. The molecule has 14 heavy (non-hydrogen) atoms. The van der Waals surface area contributed by atoms with E-state index in [1.54, 1.807) is 6.42 Å². The molecule has 1 aliphatic rings. The van der Waals surface area contributed by atoms with Crippen LogP contribution in [0.25, 0.3) is 0 Å². The van der Waals surface area contributed by atoms with E-state index in [9.17, 15) is 0 Å². The van der Waals surface area contributed by atoms with Gasteiger partial charge >= 0.3 is 0 Å². The van der Waals surface area contributed by atoms with Crippen molar-refractivity contribution in [3.8, 4) is 0 Å². The van der Waals surface area contributed by atoms with E-state index >= 15 is 0 Å². The average Bonchev–Trinajstić information content (AvgIpc) is 2.83. The summed E-state index contributed by atoms with van der Waals surface area (Å²) >= 11 is 0. The standard InChI is InChI=1S/C14H28/c1-5-7-12(4)9-14-10-13(14)8-11(3)6-2/h11-14H,5-10H2,1-4H3. The summed E-state index contributed by atoms with van der Waals surface area (Å²) < 4.78 is 0. The van der Waals surface area contributed by atoms with Crippen LogP contribution in [0.4, 0.5) is 0 Å². The van der Waals surface area contributed by atoms with Gasteiger partial charge in [-0.1, -0.05) is 47.0 Å². The topological polar surface area (TPSA) is 0 Å². The fourth-order valence-corrected chi connectivity index (χ4v) is 2.70. The molecule has 0 aromatic heterocycles. The fraction of sp³-hybridized carbons (Fsp3) is 1.00. The molecule has 84 valence electrons. The molecule has 0 heteroatoms. The van der Waals surface area contributed by atoms with Crippen molar-refractivity contribution in [1.82, 2.24) is 0 Å². The lowest BCUT2D eigenvalue weighted by Crippen LogP contribution is -1.99. The molecule has 0 heterocycles. The lowest BCUT2D eigenvalue weighted by molar-refractivity contribution is 0.410. The average molecular weight is 196 g/mol. The van der Waals surface area contributed by atoms with Crippen molar-refractivity contribution in [1.29, 1.82) is 0 Å². The third-order valence-electron chi connectivity index (χ3n) is 3.96. The van der Waals surface area contributed by atoms with Gasteiger partial charge in [-0.05, 0) is 42.9 Å². The lowest BCUT2D eigenvalue weighted by Gasteiger charge is -2.10. The third kappa shape index (κ3) is 4.02. The van der Waals surface area contributed by atoms with E-state index in [0.717, 1.165) is 23.7 Å². The van der Waals surface area contributed by atoms with E-state index in [2.05, 4.69) is 27.7 Å². The van der Waals surface area contributed by atoms with Crippen molar-refractivity contribution >= 4 is 0 Å². The number of hydrogen-bond acceptors (Lipinski definition) is 0. The van der Waals surface area contributed by atoms with Crippen LogP contribution in [0.5, 0.6) is 0 Å². The molecule has 0 spiro atoms. The summed E-state index contributed by atoms with van der Waals surface area (Å²) in [5, 5.41) is 0. The lowest BCUT2D eigenvalue weighted by atomic mass is 9.95. The fourth-order valence-electron chi connectivity index (χ4n) is 2.70. The third-order valence-corrected chi connectivity index (χ3v) is 3.96. The van der Waals surface area contributed by atoms with E-state index in [1.165, 1.54) is 32.1 Å². The van der Waals surface area contributed by atoms with E-state index in [1.807, 2.05) is 0 Å². The second-order valence-corrected chi connectivity index (χ2v) is 5.63. The van der Waals surface area contributed by atoms with Crippen LogP contribution in [0.2, 0.25) is 0 Å². The van der Waals surface area contributed by atoms with Crippen LogP contribution in [0.15, 0.2) is 0 Å². The zero-order chi connectivity index (χ0) is 10.6. The van der Waals surface area contributed by atoms with Crippen LogP contribution in [0.3, 0.4) is 0 Å². The molecule has 1 aliphatic carbocycles. The summed E-state index contributed by atoms with van der Waals surface area (Å²) in [4.78, 5) is 0. The molecular formula is C14H28. The molecule has 0 bridgehead atoms. The highest BCUT2D eigenvalue weighted by molar-refractivity contribution is 4.87. The summed E-state index contributed by atoms with van der Waals surface area (Å²) in [5.74, 6) is 4.15. The van der Waals surface area contributed by atoms with Crippen molar-refractivity contribution in [3.05, 3.63) is 0 Å². The van der Waals surface area contributed by atoms with Gasteiger partial charge in [-0.3, -0.25) is 0 Å². The SMILES string of the molecule is CCCC(C)CC1CC1CC(C)CC. The van der Waals surface area contributed by atoms with Crippen LogP contribution in [0.1, 0.15) is 66.2 Å². The molecule has 0 aromatic carbocycles. The van der Waals surface area contributed by atoms with Gasteiger partial charge in [0.25, 0.3) is 0 Å². The quantitative estimate of drug-likeness (QED) is 0.544. The zero-order valence-electron chi connectivity index (χ0n) is 10.6. The van der Waals surface area contributed by atoms with E-state index in [4.69, 9.17) is 0 Å². The first-order chi connectivity index (χ1) is 6.67. The Morgan fingerprint density at radius 3 is 2.07 bits per heavy atom. The summed E-state index contributed by atoms with van der Waals surface area (Å²) in [5.41, 5.74) is 0. The monoisotopic (exact) mass is 196 g/mol. The minimum absolute atomic E-state index is 0.964. The second kappa shape index (κ2) is 5.78. The molecule has 4 unspecified atom stereocenters. The molecule has 4 atom stereocenters. The summed E-state index contributed by atoms with van der Waals surface area (Å²) in [6, 6.07) is 0. The van der Waals surface area contributed by atoms with E-state index in [0.29, 0.717) is 0 Å². The largest absolute Gasteiger partial charge is 0.0654 e. The first-order valence-corrected chi connectivity index (χ1v) is 6.67. The Kier molecular flexibility index (Phi) is 4.98. The van der Waals surface area contributed by atoms with Crippen molar-refractivity contribution in [2.24, 2.45) is 23.7 Å². The first-order valence-electron chi connectivity index (χ1n) is 6.67. The minimum Gasteiger partial charge on any atom is -0.0654 e. The Hall–Kier alpha value is 0. The predicted octanol–water partition coefficient (Wildman–Crippen LogP) is 4.89. The normalized spacial score (nSPS) is 30.0. The van der Waals surface area contributed by atoms with Gasteiger partial charge in [0.2, 0.25) is 0 Å². The Bertz CT molecular complexity index is 150. The summed E-state index contributed by atoms with van der Waals surface area (Å²) in [7, 11) is 0. The highest BCUT2D eigenvalue weighted by atomic mass is 14.4. The minimum atomic E-state index is 0.964. The molecule has 1 rings (SSSR count). The first kappa shape index (κ1) is 12.1. The van der Waals surface area contributed by atoms with Gasteiger partial charge in [-0.25, -0.2) is 0 Å². The highest BCUT2D eigenvalue weighted by Crippen LogP contribution is 2.47. The van der Waals surface area contributed by atoms with Gasteiger partial charge in [-0.15, -0.1) is 0 Å². The van der Waals surface area contributed by atoms with Gasteiger partial charge in [0.05, 0.1) is 0 Å². The van der Waals surface area contributed by atoms with E-state index in [-0.39, 0.29) is 0 Å². The Morgan fingerprint density at radius 1 is 1.00 bits per heavy atom. The molecule has 1 fully saturated rings. The Labute approximate surface area is 90.5 Å². The molecule has 0 amide bonds. The molecule has 0 aliphatic heterocycles. The van der Waals surface area contributed by atoms with Gasteiger partial charge < -0.3 is 0 Å². The summed E-state index contributed by atoms with van der Waals surface area (Å²) in [6.45, 7) is 9.47. The molecule has 0 saturated heterocycles. The Balaban J connectivity index is 2.07. The molecule has 0 N–H and O–H groups in total. The molecular weight excluding hydrogens is 168 g/mol. The van der Waals surface area contributed by atoms with Crippen LogP contribution in [-0.4, -0.2) is 0 Å². The maximum absolute atomic E-state index is 2.43. The maximum Gasteiger partial charge on any atom is -0.0380 e. The maximum atomic E-state index is 2.43. The van der Waals surface area contributed by atoms with Gasteiger partial charge in [0.15, 0.2) is 0 Å². The summed E-state index contributed by atoms with van der Waals surface area (Å²) in [6.07, 6.45) is 8.72. The van der Waals surface area contributed by atoms with Crippen LogP contribution in [0, 0.1) is 23.7 Å². The molecule has 1 saturated carbocycles. The van der Waals surface area contributed by atoms with Crippen molar-refractivity contribution in [3.63, 3.8) is 0 Å². The molecule has 0 nitrogen and oxygen atoms in total. The van der Waals surface area contributed by atoms with Gasteiger partial charge in [0.1, 0.15) is 0 Å². The molecule has 0 aromatic rings. The number of rotatable bonds is 7. The van der Waals surface area contributed by atoms with Crippen molar-refractivity contribution < 1.29 is 0 Å².